The minimum Gasteiger partial charge on any atom is -0.270 e. The van der Waals surface area contributed by atoms with E-state index in [0.717, 1.165) is 5.82 Å². The van der Waals surface area contributed by atoms with Gasteiger partial charge in [0.05, 0.1) is 0 Å². The Morgan fingerprint density at radius 2 is 2.17 bits per heavy atom. The van der Waals surface area contributed by atoms with Crippen molar-refractivity contribution in [3.63, 3.8) is 0 Å². The number of aromatic nitrogens is 3. The van der Waals surface area contributed by atoms with E-state index in [9.17, 15) is 0 Å². The molecule has 1 saturated carbocycles. The smallest absolute Gasteiger partial charge is 0.147 e. The van der Waals surface area contributed by atoms with Crippen LogP contribution in [0, 0.1) is 0 Å². The molecule has 1 aliphatic rings. The van der Waals surface area contributed by atoms with Crippen molar-refractivity contribution in [1.82, 2.24) is 20.6 Å². The second kappa shape index (κ2) is 4.88. The Morgan fingerprint density at radius 1 is 1.33 bits per heavy atom. The Hall–Kier alpha value is -1.72. The number of hydrazine groups is 1. The molecule has 0 saturated heterocycles. The van der Waals surface area contributed by atoms with E-state index in [2.05, 4.69) is 38.8 Å². The van der Waals surface area contributed by atoms with Crippen LogP contribution in [0.4, 0.5) is 0 Å². The largest absolute Gasteiger partial charge is 0.270 e. The van der Waals surface area contributed by atoms with Gasteiger partial charge in [-0.15, -0.1) is 0 Å². The van der Waals surface area contributed by atoms with Crippen LogP contribution in [0.1, 0.15) is 48.2 Å². The molecule has 1 aliphatic carbocycles. The fraction of sp³-hybridized carbons (Fsp3) is 0.385. The molecule has 1 heterocycles. The predicted molar refractivity (Wildman–Crippen MR) is 68.6 cm³/mol. The van der Waals surface area contributed by atoms with Crippen molar-refractivity contribution in [3.8, 4) is 0 Å². The van der Waals surface area contributed by atoms with Crippen LogP contribution < -0.4 is 11.3 Å². The first-order valence-electron chi connectivity index (χ1n) is 6.30. The number of hydrogen-bond donors (Lipinski definition) is 3. The lowest BCUT2D eigenvalue weighted by molar-refractivity contribution is 0.413. The lowest BCUT2D eigenvalue weighted by Gasteiger charge is -2.29. The van der Waals surface area contributed by atoms with Crippen LogP contribution in [-0.4, -0.2) is 15.2 Å². The van der Waals surface area contributed by atoms with Crippen LogP contribution in [0.5, 0.6) is 0 Å². The maximum absolute atomic E-state index is 5.69. The molecule has 0 spiro atoms. The van der Waals surface area contributed by atoms with Crippen LogP contribution in [0.15, 0.2) is 30.6 Å². The third-order valence-electron chi connectivity index (χ3n) is 3.73. The summed E-state index contributed by atoms with van der Waals surface area (Å²) in [6, 6.07) is 8.31. The first kappa shape index (κ1) is 11.4. The molecule has 5 heteroatoms. The maximum Gasteiger partial charge on any atom is 0.147 e. The number of aromatic amines is 1. The fourth-order valence-corrected chi connectivity index (χ4v) is 2.53. The molecule has 0 amide bonds. The Balaban J connectivity index is 1.99. The van der Waals surface area contributed by atoms with E-state index in [1.807, 2.05) is 6.07 Å². The van der Waals surface area contributed by atoms with Gasteiger partial charge in [-0.2, -0.15) is 5.10 Å². The van der Waals surface area contributed by atoms with Gasteiger partial charge in [-0.3, -0.25) is 10.9 Å². The van der Waals surface area contributed by atoms with Gasteiger partial charge in [-0.05, 0) is 29.9 Å². The number of nitrogens with two attached hydrogens (primary N) is 1. The number of rotatable bonds is 4. The molecular formula is C13H17N5. The third-order valence-corrected chi connectivity index (χ3v) is 3.73. The summed E-state index contributed by atoms with van der Waals surface area (Å²) >= 11 is 0. The van der Waals surface area contributed by atoms with Gasteiger partial charge >= 0.3 is 0 Å². The van der Waals surface area contributed by atoms with Crippen LogP contribution in [0.3, 0.4) is 0 Å². The molecule has 94 valence electrons. The molecule has 2 aromatic rings. The summed E-state index contributed by atoms with van der Waals surface area (Å²) < 4.78 is 0. The second-order valence-corrected chi connectivity index (χ2v) is 4.73. The van der Waals surface area contributed by atoms with Crippen molar-refractivity contribution in [2.45, 2.75) is 31.2 Å². The van der Waals surface area contributed by atoms with Gasteiger partial charge in [0.15, 0.2) is 0 Å². The van der Waals surface area contributed by atoms with E-state index in [1.165, 1.54) is 36.7 Å². The molecule has 1 aromatic heterocycles. The molecule has 1 atom stereocenters. The lowest BCUT2D eigenvalue weighted by Crippen LogP contribution is -2.31. The fourth-order valence-electron chi connectivity index (χ4n) is 2.53. The lowest BCUT2D eigenvalue weighted by atomic mass is 9.77. The normalized spacial score (nSPS) is 17.4. The Kier molecular flexibility index (Phi) is 3.08. The number of benzene rings is 1. The minimum atomic E-state index is -0.121. The molecule has 0 radical (unpaired) electrons. The second-order valence-electron chi connectivity index (χ2n) is 4.73. The molecule has 18 heavy (non-hydrogen) atoms. The van der Waals surface area contributed by atoms with Gasteiger partial charge in [0, 0.05) is 0 Å². The summed E-state index contributed by atoms with van der Waals surface area (Å²) in [6.45, 7) is 0. The van der Waals surface area contributed by atoms with Gasteiger partial charge in [-0.25, -0.2) is 10.4 Å². The third kappa shape index (κ3) is 1.91. The first-order valence-corrected chi connectivity index (χ1v) is 6.30. The van der Waals surface area contributed by atoms with Gasteiger partial charge in [0.25, 0.3) is 0 Å². The maximum atomic E-state index is 5.69. The van der Waals surface area contributed by atoms with Gasteiger partial charge < -0.3 is 0 Å². The Labute approximate surface area is 106 Å². The van der Waals surface area contributed by atoms with E-state index >= 15 is 0 Å². The van der Waals surface area contributed by atoms with Gasteiger partial charge in [0.2, 0.25) is 0 Å². The van der Waals surface area contributed by atoms with Gasteiger partial charge in [0.1, 0.15) is 18.2 Å². The van der Waals surface area contributed by atoms with E-state index in [-0.39, 0.29) is 6.04 Å². The molecule has 0 aliphatic heterocycles. The number of hydrogen-bond acceptors (Lipinski definition) is 4. The van der Waals surface area contributed by atoms with E-state index in [4.69, 9.17) is 5.84 Å². The summed E-state index contributed by atoms with van der Waals surface area (Å²) in [6.07, 6.45) is 5.36. The zero-order valence-corrected chi connectivity index (χ0v) is 10.1. The molecule has 5 nitrogen and oxygen atoms in total. The van der Waals surface area contributed by atoms with Crippen molar-refractivity contribution in [2.75, 3.05) is 0 Å². The van der Waals surface area contributed by atoms with Crippen LogP contribution in [0.2, 0.25) is 0 Å². The number of H-pyrrole nitrogens is 1. The van der Waals surface area contributed by atoms with Crippen molar-refractivity contribution in [2.24, 2.45) is 5.84 Å². The molecule has 3 rings (SSSR count). The summed E-state index contributed by atoms with van der Waals surface area (Å²) in [7, 11) is 0. The zero-order valence-electron chi connectivity index (χ0n) is 10.1. The highest BCUT2D eigenvalue weighted by atomic mass is 15.3. The molecular weight excluding hydrogens is 226 g/mol. The topological polar surface area (TPSA) is 79.6 Å². The highest BCUT2D eigenvalue weighted by Crippen LogP contribution is 2.39. The van der Waals surface area contributed by atoms with Crippen LogP contribution in [-0.2, 0) is 0 Å². The van der Waals surface area contributed by atoms with Gasteiger partial charge in [-0.1, -0.05) is 30.7 Å². The minimum absolute atomic E-state index is 0.121. The molecule has 1 aromatic carbocycles. The zero-order chi connectivity index (χ0) is 12.4. The molecule has 1 unspecified atom stereocenters. The SMILES string of the molecule is NNC(c1ncn[nH]1)c1ccccc1C1CCC1. The molecule has 0 bridgehead atoms. The molecule has 4 N–H and O–H groups in total. The summed E-state index contributed by atoms with van der Waals surface area (Å²) in [5, 5.41) is 6.78. The summed E-state index contributed by atoms with van der Waals surface area (Å²) in [5.74, 6) is 7.11. The Morgan fingerprint density at radius 3 is 2.78 bits per heavy atom. The highest BCUT2D eigenvalue weighted by molar-refractivity contribution is 5.36. The van der Waals surface area contributed by atoms with Crippen LogP contribution in [0.25, 0.3) is 0 Å². The monoisotopic (exact) mass is 243 g/mol. The van der Waals surface area contributed by atoms with Crippen molar-refractivity contribution < 1.29 is 0 Å². The van der Waals surface area contributed by atoms with Crippen molar-refractivity contribution in [3.05, 3.63) is 47.5 Å². The Bertz CT molecular complexity index is 504. The van der Waals surface area contributed by atoms with E-state index in [0.29, 0.717) is 5.92 Å². The number of nitrogens with zero attached hydrogens (tertiary/aromatic N) is 2. The van der Waals surface area contributed by atoms with Crippen LogP contribution >= 0.6 is 0 Å². The molecule has 1 fully saturated rings. The highest BCUT2D eigenvalue weighted by Gasteiger charge is 2.26. The van der Waals surface area contributed by atoms with Crippen molar-refractivity contribution >= 4 is 0 Å². The van der Waals surface area contributed by atoms with Crippen molar-refractivity contribution in [1.29, 1.82) is 0 Å². The average Bonchev–Trinajstić information content (AvgIpc) is 2.84. The first-order chi connectivity index (χ1) is 8.90. The summed E-state index contributed by atoms with van der Waals surface area (Å²) in [5.41, 5.74) is 5.40. The van der Waals surface area contributed by atoms with E-state index < -0.39 is 0 Å². The standard InChI is InChI=1S/C13H17N5/c14-17-12(13-15-8-16-18-13)11-7-2-1-6-10(11)9-4-3-5-9/h1-2,6-9,12,17H,3-5,14H2,(H,15,16,18). The van der Waals surface area contributed by atoms with E-state index in [1.54, 1.807) is 0 Å². The predicted octanol–water partition coefficient (Wildman–Crippen LogP) is 1.62. The number of nitrogens with one attached hydrogen (secondary N) is 2. The average molecular weight is 243 g/mol. The summed E-state index contributed by atoms with van der Waals surface area (Å²) in [4.78, 5) is 4.20. The quantitative estimate of drug-likeness (QED) is 0.563.